The number of hydrogen-bond donors (Lipinski definition) is 0. The van der Waals surface area contributed by atoms with Crippen molar-refractivity contribution in [2.75, 3.05) is 4.90 Å². The number of para-hydroxylation sites is 1. The monoisotopic (exact) mass is 418 g/mol. The van der Waals surface area contributed by atoms with Crippen molar-refractivity contribution in [1.29, 1.82) is 0 Å². The van der Waals surface area contributed by atoms with Gasteiger partial charge in [0.15, 0.2) is 5.13 Å². The molecule has 3 aromatic heterocycles. The minimum Gasteiger partial charge on any atom is -0.467 e. The van der Waals surface area contributed by atoms with Gasteiger partial charge in [-0.05, 0) is 52.3 Å². The number of benzene rings is 1. The Bertz CT molecular complexity index is 958. The average molecular weight is 419 g/mol. The molecule has 3 heterocycles. The van der Waals surface area contributed by atoms with Crippen molar-refractivity contribution >= 4 is 59.9 Å². The number of aromatic nitrogens is 1. The van der Waals surface area contributed by atoms with E-state index in [2.05, 4.69) is 20.9 Å². The van der Waals surface area contributed by atoms with Gasteiger partial charge in [0, 0.05) is 0 Å². The Kier molecular flexibility index (Phi) is 4.22. The lowest BCUT2D eigenvalue weighted by atomic mass is 10.3. The molecule has 0 saturated heterocycles. The highest BCUT2D eigenvalue weighted by Crippen LogP contribution is 2.32. The number of halogens is 1. The summed E-state index contributed by atoms with van der Waals surface area (Å²) in [4.78, 5) is 20.0. The number of furan rings is 1. The lowest BCUT2D eigenvalue weighted by molar-refractivity contribution is 0.0987. The fourth-order valence-electron chi connectivity index (χ4n) is 2.32. The Balaban J connectivity index is 1.75. The van der Waals surface area contributed by atoms with Crippen LogP contribution in [-0.4, -0.2) is 10.9 Å². The molecule has 0 radical (unpaired) electrons. The summed E-state index contributed by atoms with van der Waals surface area (Å²) >= 11 is 6.32. The van der Waals surface area contributed by atoms with E-state index in [9.17, 15) is 4.79 Å². The lowest BCUT2D eigenvalue weighted by Gasteiger charge is -2.17. The van der Waals surface area contributed by atoms with Crippen molar-refractivity contribution in [3.63, 3.8) is 0 Å². The Hall–Kier alpha value is -1.96. The molecule has 1 amide bonds. The van der Waals surface area contributed by atoms with Crippen molar-refractivity contribution in [1.82, 2.24) is 4.98 Å². The number of amides is 1. The molecular weight excluding hydrogens is 408 g/mol. The van der Waals surface area contributed by atoms with Gasteiger partial charge in [-0.3, -0.25) is 9.69 Å². The first-order valence-corrected chi connectivity index (χ1v) is 9.58. The summed E-state index contributed by atoms with van der Waals surface area (Å²) in [6.45, 7) is 0.348. The summed E-state index contributed by atoms with van der Waals surface area (Å²) in [5.74, 6) is 0.638. The second kappa shape index (κ2) is 6.51. The molecule has 4 rings (SSSR count). The molecule has 0 aliphatic rings. The van der Waals surface area contributed by atoms with Crippen LogP contribution in [0.4, 0.5) is 5.13 Å². The SMILES string of the molecule is O=C(c1ccc(Br)s1)N(Cc1ccco1)c1nc2ccccc2s1. The zero-order valence-electron chi connectivity index (χ0n) is 12.3. The van der Waals surface area contributed by atoms with E-state index in [1.807, 2.05) is 48.5 Å². The third kappa shape index (κ3) is 3.02. The number of hydrogen-bond acceptors (Lipinski definition) is 5. The average Bonchev–Trinajstić information content (AvgIpc) is 3.32. The number of carbonyl (C=O) groups is 1. The van der Waals surface area contributed by atoms with Gasteiger partial charge in [-0.2, -0.15) is 0 Å². The number of thiophene rings is 1. The molecule has 0 saturated carbocycles. The number of rotatable bonds is 4. The van der Waals surface area contributed by atoms with Crippen LogP contribution in [0.15, 0.2) is 63.0 Å². The van der Waals surface area contributed by atoms with Crippen molar-refractivity contribution in [3.05, 3.63) is 69.2 Å². The van der Waals surface area contributed by atoms with E-state index in [1.54, 1.807) is 11.2 Å². The summed E-state index contributed by atoms with van der Waals surface area (Å²) < 4.78 is 7.40. The fraction of sp³-hybridized carbons (Fsp3) is 0.0588. The van der Waals surface area contributed by atoms with Gasteiger partial charge >= 0.3 is 0 Å². The smallest absolute Gasteiger partial charge is 0.270 e. The van der Waals surface area contributed by atoms with Crippen molar-refractivity contribution in [2.45, 2.75) is 6.54 Å². The predicted molar refractivity (Wildman–Crippen MR) is 101 cm³/mol. The molecule has 0 unspecified atom stereocenters. The minimum absolute atomic E-state index is 0.0823. The second-order valence-electron chi connectivity index (χ2n) is 5.04. The zero-order chi connectivity index (χ0) is 16.5. The van der Waals surface area contributed by atoms with Crippen LogP contribution < -0.4 is 4.90 Å². The Labute approximate surface area is 154 Å². The molecule has 0 atom stereocenters. The second-order valence-corrected chi connectivity index (χ2v) is 8.51. The Morgan fingerprint density at radius 2 is 2.00 bits per heavy atom. The van der Waals surface area contributed by atoms with Crippen molar-refractivity contribution < 1.29 is 9.21 Å². The third-order valence-electron chi connectivity index (χ3n) is 3.44. The van der Waals surface area contributed by atoms with Gasteiger partial charge < -0.3 is 4.42 Å². The quantitative estimate of drug-likeness (QED) is 0.435. The fourth-order valence-corrected chi connectivity index (χ4v) is 4.62. The topological polar surface area (TPSA) is 46.3 Å². The predicted octanol–water partition coefficient (Wildman–Crippen LogP) is 5.56. The van der Waals surface area contributed by atoms with E-state index >= 15 is 0 Å². The summed E-state index contributed by atoms with van der Waals surface area (Å²) in [5.41, 5.74) is 0.891. The van der Waals surface area contributed by atoms with Crippen LogP contribution in [0.2, 0.25) is 0 Å². The standard InChI is InChI=1S/C17H11BrN2O2S2/c18-15-8-7-14(23-15)16(21)20(10-11-4-3-9-22-11)17-19-12-5-1-2-6-13(12)24-17/h1-9H,10H2. The number of fused-ring (bicyclic) bond motifs is 1. The molecule has 4 aromatic rings. The number of anilines is 1. The maximum Gasteiger partial charge on any atom is 0.270 e. The summed E-state index contributed by atoms with van der Waals surface area (Å²) in [6, 6.07) is 15.2. The van der Waals surface area contributed by atoms with Gasteiger partial charge in [-0.15, -0.1) is 11.3 Å². The minimum atomic E-state index is -0.0823. The molecule has 0 fully saturated rings. The molecule has 0 spiro atoms. The maximum absolute atomic E-state index is 13.0. The molecule has 0 aliphatic heterocycles. The normalized spacial score (nSPS) is 11.0. The van der Waals surface area contributed by atoms with E-state index in [0.29, 0.717) is 16.6 Å². The molecule has 4 nitrogen and oxygen atoms in total. The largest absolute Gasteiger partial charge is 0.467 e. The van der Waals surface area contributed by atoms with Crippen LogP contribution in [-0.2, 0) is 6.54 Å². The first kappa shape index (κ1) is 15.6. The van der Waals surface area contributed by atoms with Crippen LogP contribution in [0.3, 0.4) is 0 Å². The molecule has 0 aliphatic carbocycles. The summed E-state index contributed by atoms with van der Waals surface area (Å²) in [5, 5.41) is 0.669. The third-order valence-corrected chi connectivity index (χ3v) is 6.11. The first-order valence-electron chi connectivity index (χ1n) is 7.16. The van der Waals surface area contributed by atoms with Crippen molar-refractivity contribution in [2.24, 2.45) is 0 Å². The van der Waals surface area contributed by atoms with Crippen LogP contribution in [0.1, 0.15) is 15.4 Å². The van der Waals surface area contributed by atoms with Gasteiger partial charge in [-0.25, -0.2) is 4.98 Å². The van der Waals surface area contributed by atoms with E-state index in [-0.39, 0.29) is 5.91 Å². The first-order chi connectivity index (χ1) is 11.7. The Morgan fingerprint density at radius 3 is 2.71 bits per heavy atom. The highest BCUT2D eigenvalue weighted by atomic mass is 79.9. The van der Waals surface area contributed by atoms with Gasteiger partial charge in [-0.1, -0.05) is 23.5 Å². The van der Waals surface area contributed by atoms with E-state index in [0.717, 1.165) is 19.8 Å². The van der Waals surface area contributed by atoms with Crippen LogP contribution in [0, 0.1) is 0 Å². The molecule has 1 aromatic carbocycles. The molecule has 0 bridgehead atoms. The van der Waals surface area contributed by atoms with E-state index in [4.69, 9.17) is 4.42 Å². The molecule has 0 N–H and O–H groups in total. The van der Waals surface area contributed by atoms with Crippen LogP contribution in [0.25, 0.3) is 10.2 Å². The maximum atomic E-state index is 13.0. The molecular formula is C17H11BrN2O2S2. The summed E-state index contributed by atoms with van der Waals surface area (Å²) in [7, 11) is 0. The van der Waals surface area contributed by atoms with Gasteiger partial charge in [0.25, 0.3) is 5.91 Å². The highest BCUT2D eigenvalue weighted by Gasteiger charge is 2.23. The lowest BCUT2D eigenvalue weighted by Crippen LogP contribution is -2.29. The van der Waals surface area contributed by atoms with E-state index in [1.165, 1.54) is 22.7 Å². The molecule has 24 heavy (non-hydrogen) atoms. The molecule has 7 heteroatoms. The number of thiazole rings is 1. The van der Waals surface area contributed by atoms with Gasteiger partial charge in [0.1, 0.15) is 5.76 Å². The van der Waals surface area contributed by atoms with Crippen LogP contribution in [0.5, 0.6) is 0 Å². The zero-order valence-corrected chi connectivity index (χ0v) is 15.5. The van der Waals surface area contributed by atoms with Gasteiger partial charge in [0.05, 0.1) is 31.7 Å². The number of nitrogens with zero attached hydrogens (tertiary/aromatic N) is 2. The van der Waals surface area contributed by atoms with Crippen molar-refractivity contribution in [3.8, 4) is 0 Å². The van der Waals surface area contributed by atoms with Crippen LogP contribution >= 0.6 is 38.6 Å². The van der Waals surface area contributed by atoms with E-state index < -0.39 is 0 Å². The molecule has 120 valence electrons. The number of carbonyl (C=O) groups excluding carboxylic acids is 1. The summed E-state index contributed by atoms with van der Waals surface area (Å²) in [6.07, 6.45) is 1.61. The van der Waals surface area contributed by atoms with Gasteiger partial charge in [0.2, 0.25) is 0 Å². The Morgan fingerprint density at radius 1 is 1.12 bits per heavy atom. The highest BCUT2D eigenvalue weighted by molar-refractivity contribution is 9.11.